The number of aromatic nitrogens is 1. The summed E-state index contributed by atoms with van der Waals surface area (Å²) in [5, 5.41) is 0. The molecule has 1 fully saturated rings. The molecule has 1 aliphatic heterocycles. The molecule has 0 amide bonds. The maximum atomic E-state index is 4.39. The minimum absolute atomic E-state index is 0.216. The highest BCUT2D eigenvalue weighted by Gasteiger charge is 2.57. The lowest BCUT2D eigenvalue weighted by Gasteiger charge is -2.43. The Hall–Kier alpha value is -1.51. The van der Waals surface area contributed by atoms with Gasteiger partial charge in [0.25, 0.3) is 0 Å². The third kappa shape index (κ3) is 1.31. The first-order valence-corrected chi connectivity index (χ1v) is 6.16. The molecule has 3 heteroatoms. The molecule has 0 saturated heterocycles. The number of anilines is 1. The molecule has 1 saturated carbocycles. The molecule has 1 aromatic rings. The Labute approximate surface area is 102 Å². The van der Waals surface area contributed by atoms with Crippen LogP contribution < -0.4 is 4.90 Å². The summed E-state index contributed by atoms with van der Waals surface area (Å²) in [4.78, 5) is 9.95. The van der Waals surface area contributed by atoms with Crippen LogP contribution in [0.2, 0.25) is 0 Å². The second kappa shape index (κ2) is 3.03. The third-order valence-corrected chi connectivity index (χ3v) is 4.12. The van der Waals surface area contributed by atoms with Crippen molar-refractivity contribution in [1.82, 2.24) is 4.98 Å². The van der Waals surface area contributed by atoms with E-state index in [4.69, 9.17) is 0 Å². The summed E-state index contributed by atoms with van der Waals surface area (Å²) in [6.45, 7) is 11.1. The van der Waals surface area contributed by atoms with Crippen molar-refractivity contribution < 1.29 is 0 Å². The van der Waals surface area contributed by atoms with Crippen LogP contribution in [-0.4, -0.2) is 16.7 Å². The molecule has 0 aromatic carbocycles. The number of rotatable bonds is 1. The van der Waals surface area contributed by atoms with Gasteiger partial charge in [0.2, 0.25) is 0 Å². The van der Waals surface area contributed by atoms with Gasteiger partial charge in [0.05, 0.1) is 23.1 Å². The lowest BCUT2D eigenvalue weighted by Crippen LogP contribution is -2.46. The number of hydrogen-bond donors (Lipinski definition) is 1. The van der Waals surface area contributed by atoms with Crippen molar-refractivity contribution in [2.45, 2.75) is 39.2 Å². The predicted molar refractivity (Wildman–Crippen MR) is 72.0 cm³/mol. The van der Waals surface area contributed by atoms with Crippen LogP contribution in [0.1, 0.15) is 33.6 Å². The van der Waals surface area contributed by atoms with E-state index in [1.807, 2.05) is 12.4 Å². The van der Waals surface area contributed by atoms with Crippen molar-refractivity contribution >= 4 is 17.7 Å². The van der Waals surface area contributed by atoms with Crippen LogP contribution in [0.4, 0.5) is 11.5 Å². The molecule has 0 unspecified atom stereocenters. The van der Waals surface area contributed by atoms with E-state index < -0.39 is 0 Å². The van der Waals surface area contributed by atoms with Crippen LogP contribution in [0.25, 0.3) is 0 Å². The lowest BCUT2D eigenvalue weighted by atomic mass is 9.82. The van der Waals surface area contributed by atoms with Crippen LogP contribution in [0.3, 0.4) is 0 Å². The molecular formula is C14H19N3. The number of fused-ring (bicyclic) bond motifs is 1. The number of nitrogens with one attached hydrogen (secondary N) is 1. The largest absolute Gasteiger partial charge is 0.345 e. The topological polar surface area (TPSA) is 31.4 Å². The summed E-state index contributed by atoms with van der Waals surface area (Å²) < 4.78 is 0. The van der Waals surface area contributed by atoms with E-state index in [2.05, 4.69) is 48.3 Å². The lowest BCUT2D eigenvalue weighted by molar-refractivity contribution is 0.295. The molecule has 1 aliphatic carbocycles. The Morgan fingerprint density at radius 2 is 2.12 bits per heavy atom. The first kappa shape index (κ1) is 10.6. The summed E-state index contributed by atoms with van der Waals surface area (Å²) in [7, 11) is 0. The monoisotopic (exact) mass is 229 g/mol. The molecule has 2 aliphatic rings. The van der Waals surface area contributed by atoms with Crippen molar-refractivity contribution in [1.29, 1.82) is 0 Å². The van der Waals surface area contributed by atoms with E-state index in [0.717, 1.165) is 11.5 Å². The van der Waals surface area contributed by atoms with E-state index in [9.17, 15) is 0 Å². The second-order valence-corrected chi connectivity index (χ2v) is 6.08. The molecule has 0 bridgehead atoms. The quantitative estimate of drug-likeness (QED) is 0.783. The van der Waals surface area contributed by atoms with E-state index in [1.165, 1.54) is 18.5 Å². The Morgan fingerprint density at radius 1 is 1.41 bits per heavy atom. The van der Waals surface area contributed by atoms with Gasteiger partial charge in [0.15, 0.2) is 5.82 Å². The fourth-order valence-electron chi connectivity index (χ4n) is 2.92. The van der Waals surface area contributed by atoms with Crippen LogP contribution in [0, 0.1) is 5.41 Å². The highest BCUT2D eigenvalue weighted by molar-refractivity contribution is 5.93. The van der Waals surface area contributed by atoms with E-state index in [1.54, 1.807) is 0 Å². The highest BCUT2D eigenvalue weighted by atomic mass is 15.3. The van der Waals surface area contributed by atoms with Crippen molar-refractivity contribution in [3.05, 3.63) is 24.5 Å². The minimum Gasteiger partial charge on any atom is -0.345 e. The summed E-state index contributed by atoms with van der Waals surface area (Å²) in [5.41, 5.74) is 2.64. The Balaban J connectivity index is 2.10. The number of aromatic amines is 1. The number of allylic oxidation sites excluding steroid dienone is 1. The zero-order chi connectivity index (χ0) is 12.3. The molecule has 0 spiro atoms. The molecule has 1 aromatic heterocycles. The third-order valence-electron chi connectivity index (χ3n) is 4.12. The Morgan fingerprint density at radius 3 is 2.71 bits per heavy atom. The summed E-state index contributed by atoms with van der Waals surface area (Å²) in [6, 6.07) is 2.10. The van der Waals surface area contributed by atoms with E-state index in [0.29, 0.717) is 0 Å². The van der Waals surface area contributed by atoms with Gasteiger partial charge in [0.1, 0.15) is 0 Å². The van der Waals surface area contributed by atoms with Gasteiger partial charge in [-0.1, -0.05) is 27.4 Å². The summed E-state index contributed by atoms with van der Waals surface area (Å²) >= 11 is 0. The fraction of sp³-hybridized carbons (Fsp3) is 0.500. The molecule has 17 heavy (non-hydrogen) atoms. The normalized spacial score (nSPS) is 21.6. The van der Waals surface area contributed by atoms with Crippen molar-refractivity contribution in [3.63, 3.8) is 0 Å². The van der Waals surface area contributed by atoms with E-state index in [-0.39, 0.29) is 11.0 Å². The van der Waals surface area contributed by atoms with Crippen molar-refractivity contribution in [3.8, 4) is 0 Å². The van der Waals surface area contributed by atoms with Gasteiger partial charge in [-0.05, 0) is 24.3 Å². The van der Waals surface area contributed by atoms with Gasteiger partial charge in [-0.3, -0.25) is 0 Å². The Kier molecular flexibility index (Phi) is 1.90. The standard InChI is InChI=1S/C14H19N3/c1-10-9-16-12-11(5-8-15-12)17(10)14(6-7-14)13(2,3)4/h5,8-9,15H,1,6-7H2,2-4H3. The van der Waals surface area contributed by atoms with E-state index >= 15 is 0 Å². The van der Waals surface area contributed by atoms with Crippen LogP contribution in [0.5, 0.6) is 0 Å². The average Bonchev–Trinajstić information content (AvgIpc) is 2.90. The molecule has 2 heterocycles. The molecule has 0 atom stereocenters. The maximum Gasteiger partial charge on any atom is 0.154 e. The average molecular weight is 229 g/mol. The van der Waals surface area contributed by atoms with Gasteiger partial charge in [0, 0.05) is 6.20 Å². The molecular weight excluding hydrogens is 210 g/mol. The SMILES string of the molecule is C=C1C=Nc2[nH]ccc2N1C1(C(C)(C)C)CC1. The van der Waals surface area contributed by atoms with Gasteiger partial charge < -0.3 is 9.88 Å². The molecule has 3 rings (SSSR count). The highest BCUT2D eigenvalue weighted by Crippen LogP contribution is 2.58. The second-order valence-electron chi connectivity index (χ2n) is 6.08. The summed E-state index contributed by atoms with van der Waals surface area (Å²) in [6.07, 6.45) is 6.28. The van der Waals surface area contributed by atoms with Crippen molar-refractivity contribution in [2.24, 2.45) is 10.4 Å². The maximum absolute atomic E-state index is 4.39. The van der Waals surface area contributed by atoms with Gasteiger partial charge in [-0.2, -0.15) is 0 Å². The van der Waals surface area contributed by atoms with Crippen LogP contribution in [-0.2, 0) is 0 Å². The number of H-pyrrole nitrogens is 1. The molecule has 3 nitrogen and oxygen atoms in total. The van der Waals surface area contributed by atoms with Crippen molar-refractivity contribution in [2.75, 3.05) is 4.90 Å². The number of hydrogen-bond acceptors (Lipinski definition) is 2. The van der Waals surface area contributed by atoms with Crippen LogP contribution >= 0.6 is 0 Å². The predicted octanol–water partition coefficient (Wildman–Crippen LogP) is 3.63. The first-order valence-electron chi connectivity index (χ1n) is 6.16. The minimum atomic E-state index is 0.216. The van der Waals surface area contributed by atoms with Crippen LogP contribution in [0.15, 0.2) is 29.5 Å². The van der Waals surface area contributed by atoms with Gasteiger partial charge in [-0.15, -0.1) is 0 Å². The molecule has 0 radical (unpaired) electrons. The number of nitrogens with zero attached hydrogens (tertiary/aromatic N) is 2. The van der Waals surface area contributed by atoms with Gasteiger partial charge in [-0.25, -0.2) is 4.99 Å². The Bertz CT molecular complexity index is 498. The molecule has 90 valence electrons. The fourth-order valence-corrected chi connectivity index (χ4v) is 2.92. The first-order chi connectivity index (χ1) is 7.96. The smallest absolute Gasteiger partial charge is 0.154 e. The zero-order valence-electron chi connectivity index (χ0n) is 10.7. The van der Waals surface area contributed by atoms with Gasteiger partial charge >= 0.3 is 0 Å². The zero-order valence-corrected chi connectivity index (χ0v) is 10.7. The summed E-state index contributed by atoms with van der Waals surface area (Å²) in [5.74, 6) is 0.952. The number of aliphatic imine (C=N–C) groups is 1. The molecule has 1 N–H and O–H groups in total.